The molecular formula is C29H46O12. The van der Waals surface area contributed by atoms with E-state index in [0.29, 0.717) is 25.9 Å². The molecule has 12 nitrogen and oxygen atoms in total. The van der Waals surface area contributed by atoms with Crippen molar-refractivity contribution in [3.8, 4) is 0 Å². The Hall–Kier alpha value is -0.930. The molecule has 0 spiro atoms. The minimum Gasteiger partial charge on any atom is -0.465 e. The summed E-state index contributed by atoms with van der Waals surface area (Å²) in [6.07, 6.45) is -7.60. The summed E-state index contributed by atoms with van der Waals surface area (Å²) in [6.45, 7) is 3.20. The molecule has 12 heteroatoms. The van der Waals surface area contributed by atoms with Crippen molar-refractivity contribution >= 4 is 5.97 Å². The Labute approximate surface area is 239 Å². The normalized spacial score (nSPS) is 58.8. The van der Waals surface area contributed by atoms with Crippen molar-refractivity contribution in [2.24, 2.45) is 34.5 Å². The number of cyclic esters (lactones) is 1. The van der Waals surface area contributed by atoms with Gasteiger partial charge in [0.2, 0.25) is 0 Å². The molecule has 4 saturated carbocycles. The van der Waals surface area contributed by atoms with Crippen LogP contribution in [0.25, 0.3) is 0 Å². The van der Waals surface area contributed by atoms with Gasteiger partial charge in [-0.3, -0.25) is 4.79 Å². The van der Waals surface area contributed by atoms with Crippen LogP contribution in [0, 0.1) is 34.5 Å². The lowest BCUT2D eigenvalue weighted by Gasteiger charge is -2.68. The molecule has 2 heterocycles. The van der Waals surface area contributed by atoms with Crippen LogP contribution in [0.5, 0.6) is 0 Å². The largest absolute Gasteiger partial charge is 0.465 e. The third-order valence-corrected chi connectivity index (χ3v) is 12.6. The van der Waals surface area contributed by atoms with Gasteiger partial charge in [0.15, 0.2) is 6.29 Å². The van der Waals surface area contributed by atoms with Crippen molar-refractivity contribution in [2.75, 3.05) is 13.2 Å². The highest BCUT2D eigenvalue weighted by molar-refractivity contribution is 5.71. The fourth-order valence-corrected chi connectivity index (χ4v) is 10.5. The zero-order valence-electron chi connectivity index (χ0n) is 23.7. The Bertz CT molecular complexity index is 1030. The van der Waals surface area contributed by atoms with Crippen LogP contribution < -0.4 is 0 Å². The lowest BCUT2D eigenvalue weighted by Crippen LogP contribution is -2.76. The highest BCUT2D eigenvalue weighted by Gasteiger charge is 2.75. The molecule has 0 aromatic carbocycles. The van der Waals surface area contributed by atoms with Crippen molar-refractivity contribution in [1.29, 1.82) is 0 Å². The number of fused-ring (bicyclic) bond motifs is 5. The Balaban J connectivity index is 1.27. The summed E-state index contributed by atoms with van der Waals surface area (Å²) >= 11 is 0. The monoisotopic (exact) mass is 586 g/mol. The number of ether oxygens (including phenoxy) is 3. The lowest BCUT2D eigenvalue weighted by atomic mass is 9.40. The first-order valence-corrected chi connectivity index (χ1v) is 15.1. The highest BCUT2D eigenvalue weighted by Crippen LogP contribution is 2.71. The van der Waals surface area contributed by atoms with Gasteiger partial charge in [-0.05, 0) is 50.9 Å². The molecule has 0 aromatic rings. The van der Waals surface area contributed by atoms with Crippen LogP contribution in [0.15, 0.2) is 0 Å². The number of hydrogen-bond donors (Lipinski definition) is 8. The van der Waals surface area contributed by atoms with Gasteiger partial charge < -0.3 is 55.1 Å². The summed E-state index contributed by atoms with van der Waals surface area (Å²) in [5.41, 5.74) is -5.13. The van der Waals surface area contributed by atoms with E-state index >= 15 is 0 Å². The Kier molecular flexibility index (Phi) is 7.38. The van der Waals surface area contributed by atoms with Crippen LogP contribution in [-0.2, 0) is 19.0 Å². The van der Waals surface area contributed by atoms with Crippen molar-refractivity contribution < 1.29 is 59.9 Å². The van der Waals surface area contributed by atoms with Crippen molar-refractivity contribution in [3.63, 3.8) is 0 Å². The molecule has 0 aromatic heterocycles. The molecule has 16 atom stereocenters. The fourth-order valence-electron chi connectivity index (χ4n) is 10.5. The second-order valence-electron chi connectivity index (χ2n) is 14.2. The van der Waals surface area contributed by atoms with E-state index in [1.165, 1.54) is 6.92 Å². The lowest BCUT2D eigenvalue weighted by molar-refractivity contribution is -0.342. The third kappa shape index (κ3) is 4.05. The summed E-state index contributed by atoms with van der Waals surface area (Å²) in [6, 6.07) is 0. The standard InChI is InChI=1S/C29H46O12/c1-13-22(34)23(35)24(36)25(40-13)41-15-8-19(32)28(12-30)21-17(3-5-27(28,37)9-15)29(38)6-4-16(14-7-20(33)39-11-14)26(29,2)10-18(21)31/h13-19,21-25,30-32,34-38H,3-12H2,1-2H3/t13-,14+,15-,16+,17-,18+,19+,21+,22-,23+,24+,25-,26-,27-,28+,29-/m0/s1. The van der Waals surface area contributed by atoms with Crippen molar-refractivity contribution in [3.05, 3.63) is 0 Å². The average Bonchev–Trinajstić information content (AvgIpc) is 3.45. The molecule has 0 amide bonds. The summed E-state index contributed by atoms with van der Waals surface area (Å²) in [4.78, 5) is 11.9. The van der Waals surface area contributed by atoms with Crippen molar-refractivity contribution in [2.45, 2.75) is 125 Å². The van der Waals surface area contributed by atoms with Crippen LogP contribution in [0.4, 0.5) is 0 Å². The number of esters is 1. The average molecular weight is 587 g/mol. The summed E-state index contributed by atoms with van der Waals surface area (Å²) in [5, 5.41) is 89.7. The van der Waals surface area contributed by atoms with Gasteiger partial charge in [0, 0.05) is 30.1 Å². The van der Waals surface area contributed by atoms with Crippen LogP contribution in [0.3, 0.4) is 0 Å². The second-order valence-corrected chi connectivity index (χ2v) is 14.2. The van der Waals surface area contributed by atoms with Gasteiger partial charge in [-0.15, -0.1) is 0 Å². The quantitative estimate of drug-likeness (QED) is 0.141. The van der Waals surface area contributed by atoms with Crippen molar-refractivity contribution in [1.82, 2.24) is 0 Å². The van der Waals surface area contributed by atoms with Crippen LogP contribution in [-0.4, -0.2) is 120 Å². The van der Waals surface area contributed by atoms with E-state index in [9.17, 15) is 45.6 Å². The van der Waals surface area contributed by atoms with Gasteiger partial charge in [0.1, 0.15) is 18.3 Å². The van der Waals surface area contributed by atoms with Crippen LogP contribution in [0.2, 0.25) is 0 Å². The molecule has 0 unspecified atom stereocenters. The first-order valence-electron chi connectivity index (χ1n) is 15.1. The minimum absolute atomic E-state index is 0.0278. The van der Waals surface area contributed by atoms with E-state index in [1.54, 1.807) is 0 Å². The number of rotatable bonds is 4. The van der Waals surface area contributed by atoms with Crippen LogP contribution in [0.1, 0.15) is 65.2 Å². The zero-order chi connectivity index (χ0) is 29.7. The molecule has 2 saturated heterocycles. The van der Waals surface area contributed by atoms with Crippen LogP contribution >= 0.6 is 0 Å². The minimum atomic E-state index is -1.66. The number of carbonyl (C=O) groups excluding carboxylic acids is 1. The van der Waals surface area contributed by atoms with E-state index < -0.39 is 89.5 Å². The Morgan fingerprint density at radius 2 is 1.68 bits per heavy atom. The number of aliphatic hydroxyl groups is 8. The van der Waals surface area contributed by atoms with Gasteiger partial charge in [-0.25, -0.2) is 0 Å². The first kappa shape index (κ1) is 30.1. The highest BCUT2D eigenvalue weighted by atomic mass is 16.7. The second kappa shape index (κ2) is 10.0. The maximum Gasteiger partial charge on any atom is 0.306 e. The predicted octanol–water partition coefficient (Wildman–Crippen LogP) is -1.44. The summed E-state index contributed by atoms with van der Waals surface area (Å²) in [7, 11) is 0. The molecular weight excluding hydrogens is 540 g/mol. The zero-order valence-corrected chi connectivity index (χ0v) is 23.7. The molecule has 41 heavy (non-hydrogen) atoms. The fraction of sp³-hybridized carbons (Fsp3) is 0.966. The van der Waals surface area contributed by atoms with E-state index in [2.05, 4.69) is 0 Å². The third-order valence-electron chi connectivity index (χ3n) is 12.6. The number of aliphatic hydroxyl groups excluding tert-OH is 6. The molecule has 2 aliphatic heterocycles. The molecule has 234 valence electrons. The van der Waals surface area contributed by atoms with Gasteiger partial charge in [-0.2, -0.15) is 0 Å². The molecule has 4 aliphatic carbocycles. The van der Waals surface area contributed by atoms with E-state index in [4.69, 9.17) is 14.2 Å². The summed E-state index contributed by atoms with van der Waals surface area (Å²) < 4.78 is 16.8. The molecule has 8 N–H and O–H groups in total. The maximum atomic E-state index is 12.4. The first-order chi connectivity index (χ1) is 19.2. The maximum absolute atomic E-state index is 12.4. The Morgan fingerprint density at radius 1 is 0.976 bits per heavy atom. The van der Waals surface area contributed by atoms with E-state index in [0.717, 1.165) is 0 Å². The molecule has 6 aliphatic rings. The number of carbonyl (C=O) groups is 1. The Morgan fingerprint density at radius 3 is 2.34 bits per heavy atom. The predicted molar refractivity (Wildman–Crippen MR) is 139 cm³/mol. The van der Waals surface area contributed by atoms with Gasteiger partial charge >= 0.3 is 5.97 Å². The molecule has 6 fully saturated rings. The van der Waals surface area contributed by atoms with E-state index in [-0.39, 0.29) is 49.9 Å². The molecule has 0 radical (unpaired) electrons. The summed E-state index contributed by atoms with van der Waals surface area (Å²) in [5.74, 6) is -1.63. The van der Waals surface area contributed by atoms with Gasteiger partial charge in [0.05, 0.1) is 60.7 Å². The topological polar surface area (TPSA) is 207 Å². The number of hydrogen-bond acceptors (Lipinski definition) is 12. The van der Waals surface area contributed by atoms with E-state index in [1.807, 2.05) is 6.92 Å². The van der Waals surface area contributed by atoms with Gasteiger partial charge in [-0.1, -0.05) is 6.92 Å². The molecule has 0 bridgehead atoms. The SMILES string of the molecule is C[C@@H]1O[C@@H](O[C@H]2C[C@@H](O)[C@]3(CO)[C@H]4[C@H](O)C[C@@]5(C)[C@@H]([C@H]6COC(=O)C6)CC[C@]5(O)[C@H]4CC[C@]3(O)C2)[C@H](O)[C@H](O)[C@H]1O. The molecule has 6 rings (SSSR count). The van der Waals surface area contributed by atoms with Gasteiger partial charge in [0.25, 0.3) is 0 Å². The smallest absolute Gasteiger partial charge is 0.306 e.